The molecule has 0 unspecified atom stereocenters. The average Bonchev–Trinajstić information content (AvgIpc) is 3.32. The second kappa shape index (κ2) is 12.4. The van der Waals surface area contributed by atoms with Crippen molar-refractivity contribution >= 4 is 47.1 Å². The van der Waals surface area contributed by atoms with Gasteiger partial charge in [-0.25, -0.2) is 14.1 Å². The molecular weight excluding hydrogens is 542 g/mol. The first-order chi connectivity index (χ1) is 15.0. The van der Waals surface area contributed by atoms with E-state index in [0.717, 1.165) is 24.4 Å². The lowest BCUT2D eigenvalue weighted by molar-refractivity contribution is 0.627. The van der Waals surface area contributed by atoms with E-state index in [1.54, 1.807) is 30.5 Å². The number of thiazole rings is 1. The normalized spacial score (nSPS) is 11.0. The quantitative estimate of drug-likeness (QED) is 0.166. The van der Waals surface area contributed by atoms with Crippen LogP contribution in [0.3, 0.4) is 0 Å². The number of nitrogens with zero attached hydrogens (tertiary/aromatic N) is 5. The van der Waals surface area contributed by atoms with Crippen molar-refractivity contribution in [3.63, 3.8) is 0 Å². The molecule has 3 rings (SSSR count). The Morgan fingerprint density at radius 3 is 2.59 bits per heavy atom. The number of nitrogens with two attached hydrogens (primary N) is 1. The van der Waals surface area contributed by atoms with Crippen LogP contribution in [0.2, 0.25) is 0 Å². The second-order valence-corrected chi connectivity index (χ2v) is 8.17. The Kier molecular flexibility index (Phi) is 9.86. The van der Waals surface area contributed by atoms with Crippen LogP contribution in [0.15, 0.2) is 35.5 Å². The third-order valence-corrected chi connectivity index (χ3v) is 5.56. The number of aliphatic imine (C=N–C) groups is 1. The first-order valence-corrected chi connectivity index (χ1v) is 10.7. The summed E-state index contributed by atoms with van der Waals surface area (Å²) in [6.45, 7) is 3.44. The van der Waals surface area contributed by atoms with Gasteiger partial charge in [-0.2, -0.15) is 10.4 Å². The number of anilines is 1. The molecule has 4 N–H and O–H groups in total. The van der Waals surface area contributed by atoms with E-state index in [-0.39, 0.29) is 35.6 Å². The van der Waals surface area contributed by atoms with E-state index in [9.17, 15) is 9.65 Å². The van der Waals surface area contributed by atoms with Crippen molar-refractivity contribution in [1.29, 1.82) is 5.26 Å². The van der Waals surface area contributed by atoms with E-state index in [0.29, 0.717) is 35.9 Å². The molecule has 0 aliphatic heterocycles. The van der Waals surface area contributed by atoms with E-state index in [1.807, 2.05) is 13.1 Å². The van der Waals surface area contributed by atoms with E-state index in [4.69, 9.17) is 5.73 Å². The standard InChI is InChI=1S/C21H25FN8S.HI/c1-14-13-28-19(31-14)9-11-27-21(25-2)26-10-3-4-18-17(12-23)20(24)30(29-18)16-7-5-15(22)6-8-16;/h5-8,13H,3-4,9-11,24H2,1-2H3,(H2,25,26,27);1H. The molecule has 0 atom stereocenters. The molecule has 2 heterocycles. The van der Waals surface area contributed by atoms with Crippen molar-refractivity contribution in [2.75, 3.05) is 25.9 Å². The summed E-state index contributed by atoms with van der Waals surface area (Å²) in [7, 11) is 1.72. The van der Waals surface area contributed by atoms with Crippen molar-refractivity contribution in [3.05, 3.63) is 57.4 Å². The molecule has 0 aliphatic rings. The van der Waals surface area contributed by atoms with Crippen LogP contribution in [0.4, 0.5) is 10.2 Å². The first-order valence-electron chi connectivity index (χ1n) is 9.91. The number of aromatic nitrogens is 3. The summed E-state index contributed by atoms with van der Waals surface area (Å²) < 4.78 is 14.7. The van der Waals surface area contributed by atoms with Crippen LogP contribution in [-0.4, -0.2) is 40.9 Å². The Hall–Kier alpha value is -2.72. The Balaban J connectivity index is 0.00000363. The number of hydrogen-bond acceptors (Lipinski definition) is 6. The van der Waals surface area contributed by atoms with Crippen molar-refractivity contribution < 1.29 is 4.39 Å². The van der Waals surface area contributed by atoms with E-state index in [1.165, 1.54) is 21.7 Å². The molecule has 0 fully saturated rings. The van der Waals surface area contributed by atoms with Crippen molar-refractivity contribution in [2.24, 2.45) is 4.99 Å². The van der Waals surface area contributed by atoms with Gasteiger partial charge in [0.05, 0.1) is 16.4 Å². The van der Waals surface area contributed by atoms with Crippen molar-refractivity contribution in [2.45, 2.75) is 26.2 Å². The van der Waals surface area contributed by atoms with Gasteiger partial charge in [-0.3, -0.25) is 4.99 Å². The van der Waals surface area contributed by atoms with Crippen LogP contribution in [0, 0.1) is 24.1 Å². The fourth-order valence-electron chi connectivity index (χ4n) is 3.04. The van der Waals surface area contributed by atoms with Crippen LogP contribution in [0.1, 0.15) is 27.6 Å². The topological polar surface area (TPSA) is 117 Å². The lowest BCUT2D eigenvalue weighted by Gasteiger charge is -2.11. The van der Waals surface area contributed by atoms with Crippen LogP contribution in [0.5, 0.6) is 0 Å². The minimum atomic E-state index is -0.343. The Morgan fingerprint density at radius 2 is 1.97 bits per heavy atom. The summed E-state index contributed by atoms with van der Waals surface area (Å²) in [5.74, 6) is 0.627. The van der Waals surface area contributed by atoms with Crippen LogP contribution in [-0.2, 0) is 12.8 Å². The molecule has 0 saturated carbocycles. The Morgan fingerprint density at radius 1 is 1.25 bits per heavy atom. The van der Waals surface area contributed by atoms with Crippen LogP contribution < -0.4 is 16.4 Å². The molecule has 8 nitrogen and oxygen atoms in total. The summed E-state index contributed by atoms with van der Waals surface area (Å²) in [4.78, 5) is 9.78. The number of nitriles is 1. The molecule has 0 amide bonds. The van der Waals surface area contributed by atoms with Gasteiger partial charge in [-0.15, -0.1) is 35.3 Å². The van der Waals surface area contributed by atoms with Crippen molar-refractivity contribution in [1.82, 2.24) is 25.4 Å². The summed E-state index contributed by atoms with van der Waals surface area (Å²) in [5.41, 5.74) is 7.68. The number of rotatable bonds is 8. The summed E-state index contributed by atoms with van der Waals surface area (Å²) in [5, 5.41) is 21.6. The van der Waals surface area contributed by atoms with Gasteiger partial charge in [0.15, 0.2) is 5.96 Å². The predicted octanol–water partition coefficient (Wildman–Crippen LogP) is 3.19. The second-order valence-electron chi connectivity index (χ2n) is 6.85. The molecule has 1 aromatic carbocycles. The van der Waals surface area contributed by atoms with Gasteiger partial charge < -0.3 is 16.4 Å². The average molecular weight is 568 g/mol. The van der Waals surface area contributed by atoms with Gasteiger partial charge in [0.25, 0.3) is 0 Å². The van der Waals surface area contributed by atoms with Gasteiger partial charge in [0.1, 0.15) is 23.3 Å². The maximum atomic E-state index is 13.2. The Labute approximate surface area is 207 Å². The number of nitrogens with one attached hydrogen (secondary N) is 2. The van der Waals surface area contributed by atoms with E-state index >= 15 is 0 Å². The van der Waals surface area contributed by atoms with E-state index < -0.39 is 0 Å². The lowest BCUT2D eigenvalue weighted by atomic mass is 10.1. The van der Waals surface area contributed by atoms with Gasteiger partial charge in [-0.1, -0.05) is 0 Å². The monoisotopic (exact) mass is 568 g/mol. The smallest absolute Gasteiger partial charge is 0.190 e. The molecule has 0 radical (unpaired) electrons. The Bertz CT molecular complexity index is 1080. The highest BCUT2D eigenvalue weighted by atomic mass is 127. The zero-order valence-electron chi connectivity index (χ0n) is 17.9. The lowest BCUT2D eigenvalue weighted by Crippen LogP contribution is -2.38. The number of nitrogen functional groups attached to an aromatic ring is 1. The molecule has 0 aliphatic carbocycles. The third-order valence-electron chi connectivity index (χ3n) is 4.58. The number of aryl methyl sites for hydroxylation is 2. The fraction of sp³-hybridized carbons (Fsp3) is 0.333. The van der Waals surface area contributed by atoms with Crippen molar-refractivity contribution in [3.8, 4) is 11.8 Å². The molecule has 3 aromatic rings. The molecule has 170 valence electrons. The highest BCUT2D eigenvalue weighted by Gasteiger charge is 2.16. The molecule has 11 heteroatoms. The molecule has 0 spiro atoms. The zero-order valence-corrected chi connectivity index (χ0v) is 21.1. The molecule has 32 heavy (non-hydrogen) atoms. The predicted molar refractivity (Wildman–Crippen MR) is 136 cm³/mol. The first kappa shape index (κ1) is 25.5. The van der Waals surface area contributed by atoms with Gasteiger partial charge in [-0.05, 0) is 44.0 Å². The number of halogens is 2. The fourth-order valence-corrected chi connectivity index (χ4v) is 3.83. The summed E-state index contributed by atoms with van der Waals surface area (Å²) in [6, 6.07) is 7.95. The SMILES string of the molecule is CN=C(NCCCc1nn(-c2ccc(F)cc2)c(N)c1C#N)NCCc1ncc(C)s1.I. The van der Waals surface area contributed by atoms with Gasteiger partial charge in [0, 0.05) is 37.6 Å². The molecule has 2 aromatic heterocycles. The van der Waals surface area contributed by atoms with Crippen LogP contribution >= 0.6 is 35.3 Å². The maximum Gasteiger partial charge on any atom is 0.190 e. The largest absolute Gasteiger partial charge is 0.382 e. The minimum Gasteiger partial charge on any atom is -0.382 e. The summed E-state index contributed by atoms with van der Waals surface area (Å²) >= 11 is 1.70. The molecule has 0 bridgehead atoms. The van der Waals surface area contributed by atoms with Gasteiger partial charge >= 0.3 is 0 Å². The zero-order chi connectivity index (χ0) is 22.2. The van der Waals surface area contributed by atoms with Crippen LogP contribution in [0.25, 0.3) is 5.69 Å². The number of benzene rings is 1. The van der Waals surface area contributed by atoms with E-state index in [2.05, 4.69) is 31.8 Å². The minimum absolute atomic E-state index is 0. The molecule has 0 saturated heterocycles. The number of hydrogen-bond donors (Lipinski definition) is 3. The summed E-state index contributed by atoms with van der Waals surface area (Å²) in [6.07, 6.45) is 4.03. The maximum absolute atomic E-state index is 13.2. The third kappa shape index (κ3) is 6.64. The highest BCUT2D eigenvalue weighted by Crippen LogP contribution is 2.21. The molecular formula is C21H26FIN8S. The highest BCUT2D eigenvalue weighted by molar-refractivity contribution is 14.0. The van der Waals surface area contributed by atoms with Gasteiger partial charge in [0.2, 0.25) is 0 Å². The number of guanidine groups is 1.